The molecule has 0 saturated carbocycles. The summed E-state index contributed by atoms with van der Waals surface area (Å²) in [5, 5.41) is 11.8. The predicted molar refractivity (Wildman–Crippen MR) is 95.9 cm³/mol. The van der Waals surface area contributed by atoms with Crippen molar-refractivity contribution in [3.8, 4) is 5.75 Å². The van der Waals surface area contributed by atoms with Crippen molar-refractivity contribution < 1.29 is 19.4 Å². The van der Waals surface area contributed by atoms with Gasteiger partial charge in [-0.1, -0.05) is 24.3 Å². The Balaban J connectivity index is 1.96. The average molecular weight is 341 g/mol. The van der Waals surface area contributed by atoms with Crippen LogP contribution in [0.3, 0.4) is 0 Å². The fourth-order valence-electron chi connectivity index (χ4n) is 2.46. The number of carbonyl (C=O) groups is 2. The van der Waals surface area contributed by atoms with Gasteiger partial charge in [0.2, 0.25) is 5.91 Å². The van der Waals surface area contributed by atoms with Gasteiger partial charge in [-0.15, -0.1) is 0 Å². The van der Waals surface area contributed by atoms with E-state index < -0.39 is 5.97 Å². The van der Waals surface area contributed by atoms with Crippen LogP contribution < -0.4 is 10.1 Å². The highest BCUT2D eigenvalue weighted by atomic mass is 16.5. The van der Waals surface area contributed by atoms with Crippen LogP contribution in [0.25, 0.3) is 0 Å². The Bertz CT molecular complexity index is 738. The summed E-state index contributed by atoms with van der Waals surface area (Å²) in [6.45, 7) is 5.85. The Labute approximate surface area is 147 Å². The zero-order chi connectivity index (χ0) is 18.4. The molecule has 2 rings (SSSR count). The van der Waals surface area contributed by atoms with Crippen LogP contribution in [0, 0.1) is 0 Å². The third kappa shape index (κ3) is 5.64. The van der Waals surface area contributed by atoms with Gasteiger partial charge in [0.15, 0.2) is 0 Å². The van der Waals surface area contributed by atoms with Gasteiger partial charge in [-0.3, -0.25) is 4.79 Å². The van der Waals surface area contributed by atoms with E-state index in [0.29, 0.717) is 0 Å². The summed E-state index contributed by atoms with van der Waals surface area (Å²) in [7, 11) is 0. The minimum Gasteiger partial charge on any atom is -0.491 e. The van der Waals surface area contributed by atoms with Gasteiger partial charge < -0.3 is 15.2 Å². The van der Waals surface area contributed by atoms with Crippen LogP contribution >= 0.6 is 0 Å². The van der Waals surface area contributed by atoms with Crippen molar-refractivity contribution >= 4 is 11.9 Å². The van der Waals surface area contributed by atoms with Gasteiger partial charge in [0.1, 0.15) is 5.75 Å². The summed E-state index contributed by atoms with van der Waals surface area (Å²) < 4.78 is 5.68. The first-order valence-corrected chi connectivity index (χ1v) is 8.23. The smallest absolute Gasteiger partial charge is 0.335 e. The predicted octanol–water partition coefficient (Wildman–Crippen LogP) is 3.59. The number of rotatable bonds is 7. The summed E-state index contributed by atoms with van der Waals surface area (Å²) in [5.74, 6) is -0.322. The van der Waals surface area contributed by atoms with Crippen LogP contribution in [0.4, 0.5) is 0 Å². The van der Waals surface area contributed by atoms with Crippen molar-refractivity contribution in [3.05, 3.63) is 65.2 Å². The molecular weight excluding hydrogens is 318 g/mol. The summed E-state index contributed by atoms with van der Waals surface area (Å²) in [6, 6.07) is 13.8. The molecule has 0 aliphatic heterocycles. The SMILES string of the molecule is CC(C)Oc1cccc(C(C)NC(=O)Cc2ccc(C(=O)O)cc2)c1. The van der Waals surface area contributed by atoms with Crippen LogP contribution in [-0.2, 0) is 11.2 Å². The molecule has 132 valence electrons. The lowest BCUT2D eigenvalue weighted by atomic mass is 10.1. The number of ether oxygens (including phenoxy) is 1. The van der Waals surface area contributed by atoms with E-state index in [4.69, 9.17) is 9.84 Å². The standard InChI is InChI=1S/C20H23NO4/c1-13(2)25-18-6-4-5-17(12-18)14(3)21-19(22)11-15-7-9-16(10-8-15)20(23)24/h4-10,12-14H,11H2,1-3H3,(H,21,22)(H,23,24). The van der Waals surface area contributed by atoms with E-state index in [0.717, 1.165) is 16.9 Å². The van der Waals surface area contributed by atoms with Crippen LogP contribution in [0.2, 0.25) is 0 Å². The fraction of sp³-hybridized carbons (Fsp3) is 0.300. The molecule has 5 nitrogen and oxygen atoms in total. The van der Waals surface area contributed by atoms with E-state index in [1.807, 2.05) is 45.0 Å². The number of amides is 1. The summed E-state index contributed by atoms with van der Waals surface area (Å²) >= 11 is 0. The van der Waals surface area contributed by atoms with Gasteiger partial charge in [0.25, 0.3) is 0 Å². The molecule has 0 aliphatic rings. The van der Waals surface area contributed by atoms with Gasteiger partial charge in [-0.25, -0.2) is 4.79 Å². The van der Waals surface area contributed by atoms with Crippen molar-refractivity contribution in [2.75, 3.05) is 0 Å². The van der Waals surface area contributed by atoms with Gasteiger partial charge in [0.05, 0.1) is 24.1 Å². The molecular formula is C20H23NO4. The molecule has 1 atom stereocenters. The Hall–Kier alpha value is -2.82. The van der Waals surface area contributed by atoms with E-state index in [1.165, 1.54) is 12.1 Å². The normalized spacial score (nSPS) is 11.8. The van der Waals surface area contributed by atoms with E-state index in [9.17, 15) is 9.59 Å². The van der Waals surface area contributed by atoms with Crippen molar-refractivity contribution in [2.24, 2.45) is 0 Å². The molecule has 0 spiro atoms. The third-order valence-corrected chi connectivity index (χ3v) is 3.67. The Kier molecular flexibility index (Phi) is 6.17. The van der Waals surface area contributed by atoms with E-state index in [1.54, 1.807) is 12.1 Å². The van der Waals surface area contributed by atoms with E-state index in [2.05, 4.69) is 5.32 Å². The first-order chi connectivity index (χ1) is 11.8. The summed E-state index contributed by atoms with van der Waals surface area (Å²) in [5.41, 5.74) is 1.94. The van der Waals surface area contributed by atoms with Crippen LogP contribution in [0.15, 0.2) is 48.5 Å². The van der Waals surface area contributed by atoms with Crippen molar-refractivity contribution in [1.82, 2.24) is 5.32 Å². The zero-order valence-corrected chi connectivity index (χ0v) is 14.7. The molecule has 5 heteroatoms. The number of carboxylic acid groups (broad SMARTS) is 1. The second-order valence-corrected chi connectivity index (χ2v) is 6.21. The van der Waals surface area contributed by atoms with Crippen molar-refractivity contribution in [1.29, 1.82) is 0 Å². The molecule has 0 aliphatic carbocycles. The largest absolute Gasteiger partial charge is 0.491 e. The molecule has 0 saturated heterocycles. The molecule has 0 bridgehead atoms. The Morgan fingerprint density at radius 1 is 1.08 bits per heavy atom. The fourth-order valence-corrected chi connectivity index (χ4v) is 2.46. The van der Waals surface area contributed by atoms with Gasteiger partial charge in [-0.2, -0.15) is 0 Å². The van der Waals surface area contributed by atoms with Crippen LogP contribution in [-0.4, -0.2) is 23.1 Å². The highest BCUT2D eigenvalue weighted by Crippen LogP contribution is 2.20. The molecule has 1 amide bonds. The maximum atomic E-state index is 12.2. The highest BCUT2D eigenvalue weighted by molar-refractivity contribution is 5.87. The molecule has 1 unspecified atom stereocenters. The summed E-state index contributed by atoms with van der Waals surface area (Å²) in [6.07, 6.45) is 0.292. The molecule has 0 heterocycles. The lowest BCUT2D eigenvalue weighted by Crippen LogP contribution is -2.28. The maximum absolute atomic E-state index is 12.2. The number of aromatic carboxylic acids is 1. The lowest BCUT2D eigenvalue weighted by molar-refractivity contribution is -0.121. The number of carbonyl (C=O) groups excluding carboxylic acids is 1. The van der Waals surface area contributed by atoms with Gasteiger partial charge in [0, 0.05) is 0 Å². The first kappa shape index (κ1) is 18.5. The lowest BCUT2D eigenvalue weighted by Gasteiger charge is -2.16. The quantitative estimate of drug-likeness (QED) is 0.807. The minimum absolute atomic E-state index is 0.0916. The number of nitrogens with one attached hydrogen (secondary N) is 1. The minimum atomic E-state index is -0.979. The first-order valence-electron chi connectivity index (χ1n) is 8.23. The molecule has 2 aromatic rings. The molecule has 25 heavy (non-hydrogen) atoms. The molecule has 0 fully saturated rings. The van der Waals surface area contributed by atoms with Crippen molar-refractivity contribution in [3.63, 3.8) is 0 Å². The third-order valence-electron chi connectivity index (χ3n) is 3.67. The maximum Gasteiger partial charge on any atom is 0.335 e. The van der Waals surface area contributed by atoms with Gasteiger partial charge in [-0.05, 0) is 56.2 Å². The topological polar surface area (TPSA) is 75.6 Å². The number of carboxylic acids is 1. The number of hydrogen-bond donors (Lipinski definition) is 2. The molecule has 0 radical (unpaired) electrons. The summed E-state index contributed by atoms with van der Waals surface area (Å²) in [4.78, 5) is 23.1. The number of benzene rings is 2. The van der Waals surface area contributed by atoms with E-state index in [-0.39, 0.29) is 30.0 Å². The van der Waals surface area contributed by atoms with Gasteiger partial charge >= 0.3 is 5.97 Å². The Morgan fingerprint density at radius 3 is 2.36 bits per heavy atom. The monoisotopic (exact) mass is 341 g/mol. The van der Waals surface area contributed by atoms with E-state index >= 15 is 0 Å². The second-order valence-electron chi connectivity index (χ2n) is 6.21. The molecule has 2 N–H and O–H groups in total. The zero-order valence-electron chi connectivity index (χ0n) is 14.7. The van der Waals surface area contributed by atoms with Crippen molar-refractivity contribution in [2.45, 2.75) is 39.3 Å². The average Bonchev–Trinajstić information content (AvgIpc) is 2.54. The highest BCUT2D eigenvalue weighted by Gasteiger charge is 2.12. The molecule has 0 aromatic heterocycles. The second kappa shape index (κ2) is 8.33. The number of hydrogen-bond acceptors (Lipinski definition) is 3. The Morgan fingerprint density at radius 2 is 1.76 bits per heavy atom. The molecule has 2 aromatic carbocycles. The van der Waals surface area contributed by atoms with Crippen LogP contribution in [0.1, 0.15) is 48.3 Å². The van der Waals surface area contributed by atoms with Crippen LogP contribution in [0.5, 0.6) is 5.75 Å².